The van der Waals surface area contributed by atoms with Crippen molar-refractivity contribution in [2.45, 2.75) is 95.5 Å². The van der Waals surface area contributed by atoms with Crippen LogP contribution in [-0.2, 0) is 25.5 Å². The Balaban J connectivity index is 0.000000284. The van der Waals surface area contributed by atoms with Crippen molar-refractivity contribution in [3.8, 4) is 0 Å². The minimum absolute atomic E-state index is 0.0380. The van der Waals surface area contributed by atoms with Gasteiger partial charge < -0.3 is 36.5 Å². The molecule has 3 aromatic carbocycles. The molecule has 1 aliphatic heterocycles. The number of rotatable bonds is 15. The Bertz CT molecular complexity index is 2790. The number of ether oxygens (including phenoxy) is 1. The van der Waals surface area contributed by atoms with Gasteiger partial charge in [0.15, 0.2) is 0 Å². The van der Waals surface area contributed by atoms with E-state index in [2.05, 4.69) is 45.9 Å². The number of thiophene rings is 1. The average Bonchev–Trinajstić information content (AvgIpc) is 4.03. The summed E-state index contributed by atoms with van der Waals surface area (Å²) in [4.78, 5) is 90.5. The molecule has 1 saturated carbocycles. The third kappa shape index (κ3) is 13.6. The minimum atomic E-state index is -1.30. The van der Waals surface area contributed by atoms with Crippen LogP contribution in [0.1, 0.15) is 90.6 Å². The molecule has 0 spiro atoms. The molecular formula is C52H61N9O8S. The van der Waals surface area contributed by atoms with Crippen LogP contribution >= 0.6 is 11.3 Å². The lowest BCUT2D eigenvalue weighted by molar-refractivity contribution is -0.133. The summed E-state index contributed by atoms with van der Waals surface area (Å²) in [6.07, 6.45) is 3.42. The van der Waals surface area contributed by atoms with E-state index in [1.165, 1.54) is 24.9 Å². The SMILES string of the molecule is CC(C)(C)NC(=O)[C@@H]1C[C@@H]2CCCC[C@@H]2CN1C[C@@H](O)[C@H](Cc1ccccc1)NC(=O)[C@H](CC(N)=O)NC(=O)c1ccc2ccccc2n1.COC(=O)Nc1nc2ccc(C(=O)c3cccs3)cc2[nH]1. The molecule has 0 bridgehead atoms. The maximum absolute atomic E-state index is 13.8. The number of benzene rings is 3. The molecule has 1 saturated heterocycles. The minimum Gasteiger partial charge on any atom is -0.453 e. The number of aromatic amines is 1. The van der Waals surface area contributed by atoms with E-state index in [0.29, 0.717) is 45.4 Å². The Hall–Kier alpha value is -7.02. The Morgan fingerprint density at radius 3 is 2.34 bits per heavy atom. The van der Waals surface area contributed by atoms with E-state index in [0.717, 1.165) is 36.6 Å². The van der Waals surface area contributed by atoms with Gasteiger partial charge in [0.25, 0.3) is 5.91 Å². The Morgan fingerprint density at radius 2 is 1.63 bits per heavy atom. The number of ketones is 1. The van der Waals surface area contributed by atoms with E-state index in [9.17, 15) is 33.9 Å². The van der Waals surface area contributed by atoms with Crippen molar-refractivity contribution in [3.63, 3.8) is 0 Å². The second kappa shape index (κ2) is 23.1. The normalized spacial score (nSPS) is 18.2. The lowest BCUT2D eigenvalue weighted by atomic mass is 9.72. The van der Waals surface area contributed by atoms with E-state index in [4.69, 9.17) is 5.73 Å². The predicted molar refractivity (Wildman–Crippen MR) is 268 cm³/mol. The van der Waals surface area contributed by atoms with E-state index < -0.39 is 60.0 Å². The first kappa shape index (κ1) is 50.8. The molecule has 5 amide bonds. The first-order valence-electron chi connectivity index (χ1n) is 23.5. The molecule has 8 N–H and O–H groups in total. The van der Waals surface area contributed by atoms with Gasteiger partial charge in [-0.15, -0.1) is 11.3 Å². The van der Waals surface area contributed by atoms with Crippen LogP contribution < -0.4 is 27.0 Å². The molecule has 70 heavy (non-hydrogen) atoms. The van der Waals surface area contributed by atoms with Crippen molar-refractivity contribution < 1.29 is 38.6 Å². The zero-order chi connectivity index (χ0) is 50.0. The van der Waals surface area contributed by atoms with Gasteiger partial charge in [0.1, 0.15) is 11.7 Å². The molecule has 6 aromatic rings. The fraction of sp³-hybridized carbons (Fsp3) is 0.385. The molecule has 8 rings (SSSR count). The van der Waals surface area contributed by atoms with Crippen LogP contribution in [0.3, 0.4) is 0 Å². The number of anilines is 1. The van der Waals surface area contributed by atoms with Crippen molar-refractivity contribution in [3.05, 3.63) is 124 Å². The van der Waals surface area contributed by atoms with Crippen molar-refractivity contribution >= 4 is 74.7 Å². The van der Waals surface area contributed by atoms with Gasteiger partial charge in [-0.2, -0.15) is 0 Å². The number of nitrogens with zero attached hydrogens (tertiary/aromatic N) is 3. The summed E-state index contributed by atoms with van der Waals surface area (Å²) in [6.45, 7) is 6.73. The van der Waals surface area contributed by atoms with Crippen molar-refractivity contribution in [1.82, 2.24) is 35.8 Å². The second-order valence-corrected chi connectivity index (χ2v) is 19.9. The highest BCUT2D eigenvalue weighted by Crippen LogP contribution is 2.39. The van der Waals surface area contributed by atoms with Gasteiger partial charge in [-0.3, -0.25) is 34.2 Å². The van der Waals surface area contributed by atoms with Gasteiger partial charge in [0.2, 0.25) is 29.5 Å². The molecule has 17 nitrogen and oxygen atoms in total. The quantitative estimate of drug-likeness (QED) is 0.0577. The molecule has 2 fully saturated rings. The topological polar surface area (TPSA) is 251 Å². The van der Waals surface area contributed by atoms with Crippen LogP contribution in [0, 0.1) is 11.8 Å². The standard InChI is InChI=1S/C38H50N6O5.C14H11N3O3S/c1-38(2,3)43-37(49)32-20-26-14-7-8-15-27(26)22-44(32)23-33(45)30(19-24-11-5-4-6-12-24)41-36(48)31(21-34(39)46)42-35(47)29-18-17-25-13-9-10-16-28(25)40-29;1-20-14(19)17-13-15-9-5-4-8(7-10(9)16-13)12(18)11-3-2-6-21-11/h4-6,9-13,16-18,26-27,30-33,45H,7-8,14-15,19-23H2,1-3H3,(H2,39,46)(H,41,48)(H,42,47)(H,43,49);2-7H,1H3,(H2,15,16,17,19)/t26-,27+,30-,31-,32-,33+;/m0./s1. The number of carbonyl (C=O) groups is 6. The molecule has 6 atom stereocenters. The maximum Gasteiger partial charge on any atom is 0.413 e. The number of likely N-dealkylation sites (tertiary alicyclic amines) is 1. The van der Waals surface area contributed by atoms with E-state index in [1.807, 2.05) is 80.7 Å². The van der Waals surface area contributed by atoms with Gasteiger partial charge in [-0.05, 0) is 99.2 Å². The molecule has 4 heterocycles. The Morgan fingerprint density at radius 1 is 0.886 bits per heavy atom. The number of amides is 5. The molecule has 1 aliphatic carbocycles. The number of hydrogen-bond donors (Lipinski definition) is 7. The van der Waals surface area contributed by atoms with Crippen LogP contribution in [0.15, 0.2) is 102 Å². The van der Waals surface area contributed by atoms with E-state index >= 15 is 0 Å². The number of aliphatic hydroxyl groups is 1. The van der Waals surface area contributed by atoms with Crippen LogP contribution in [0.4, 0.5) is 10.7 Å². The first-order chi connectivity index (χ1) is 33.5. The second-order valence-electron chi connectivity index (χ2n) is 18.9. The summed E-state index contributed by atoms with van der Waals surface area (Å²) in [5, 5.41) is 25.7. The maximum atomic E-state index is 13.8. The number of aromatic nitrogens is 3. The molecule has 368 valence electrons. The molecule has 0 unspecified atom stereocenters. The number of piperidine rings is 1. The summed E-state index contributed by atoms with van der Waals surface area (Å²) in [6, 6.07) is 26.4. The van der Waals surface area contributed by atoms with Gasteiger partial charge in [-0.1, -0.05) is 79.9 Å². The zero-order valence-corrected chi connectivity index (χ0v) is 40.6. The number of imidazole rings is 1. The lowest BCUT2D eigenvalue weighted by Crippen LogP contribution is -2.61. The summed E-state index contributed by atoms with van der Waals surface area (Å²) < 4.78 is 4.50. The van der Waals surface area contributed by atoms with Gasteiger partial charge in [0.05, 0.1) is 53.1 Å². The number of β-amino-alcohol motifs (C(OH)–C–C–N with tert-alkyl or cyclic N) is 1. The molecule has 18 heteroatoms. The van der Waals surface area contributed by atoms with Gasteiger partial charge in [0, 0.05) is 29.6 Å². The first-order valence-corrected chi connectivity index (χ1v) is 24.4. The smallest absolute Gasteiger partial charge is 0.413 e. The summed E-state index contributed by atoms with van der Waals surface area (Å²) in [5.74, 6) is -0.958. The molecular weight excluding hydrogens is 911 g/mol. The van der Waals surface area contributed by atoms with Crippen LogP contribution in [0.5, 0.6) is 0 Å². The Kier molecular flexibility index (Phi) is 16.7. The van der Waals surface area contributed by atoms with E-state index in [-0.39, 0.29) is 36.3 Å². The highest BCUT2D eigenvalue weighted by molar-refractivity contribution is 7.12. The van der Waals surface area contributed by atoms with Gasteiger partial charge in [-0.25, -0.2) is 14.8 Å². The zero-order valence-electron chi connectivity index (χ0n) is 39.8. The predicted octanol–water partition coefficient (Wildman–Crippen LogP) is 6.13. The number of methoxy groups -OCH3 is 1. The number of hydrogen-bond acceptors (Lipinski definition) is 12. The number of carbonyl (C=O) groups excluding carboxylic acids is 6. The highest BCUT2D eigenvalue weighted by Gasteiger charge is 2.42. The third-order valence-electron chi connectivity index (χ3n) is 12.6. The number of H-pyrrole nitrogens is 1. The number of nitrogens with two attached hydrogens (primary N) is 1. The Labute approximate surface area is 410 Å². The largest absolute Gasteiger partial charge is 0.453 e. The number of fused-ring (bicyclic) bond motifs is 3. The molecule has 0 radical (unpaired) electrons. The van der Waals surface area contributed by atoms with Crippen LogP contribution in [-0.4, -0.2) is 110 Å². The fourth-order valence-corrected chi connectivity index (χ4v) is 9.86. The van der Waals surface area contributed by atoms with Gasteiger partial charge >= 0.3 is 6.09 Å². The van der Waals surface area contributed by atoms with Crippen molar-refractivity contribution in [1.29, 1.82) is 0 Å². The van der Waals surface area contributed by atoms with E-state index in [1.54, 1.807) is 42.5 Å². The lowest BCUT2D eigenvalue weighted by Gasteiger charge is -2.47. The summed E-state index contributed by atoms with van der Waals surface area (Å²) >= 11 is 1.40. The molecule has 2 aliphatic rings. The number of nitrogens with one attached hydrogen (secondary N) is 5. The van der Waals surface area contributed by atoms with Crippen LogP contribution in [0.2, 0.25) is 0 Å². The summed E-state index contributed by atoms with van der Waals surface area (Å²) in [5.41, 5.74) is 8.60. The van der Waals surface area contributed by atoms with Crippen molar-refractivity contribution in [2.75, 3.05) is 25.5 Å². The summed E-state index contributed by atoms with van der Waals surface area (Å²) in [7, 11) is 1.27. The van der Waals surface area contributed by atoms with Crippen LogP contribution in [0.25, 0.3) is 21.9 Å². The average molecular weight is 972 g/mol. The number of pyridine rings is 1. The monoisotopic (exact) mass is 971 g/mol. The highest BCUT2D eigenvalue weighted by atomic mass is 32.1. The number of aliphatic hydroxyl groups excluding tert-OH is 1. The number of para-hydroxylation sites is 1. The number of primary amides is 1. The molecule has 3 aromatic heterocycles. The fourth-order valence-electron chi connectivity index (χ4n) is 9.17. The third-order valence-corrected chi connectivity index (χ3v) is 13.4. The van der Waals surface area contributed by atoms with Crippen molar-refractivity contribution in [2.24, 2.45) is 17.6 Å².